The molecule has 3 nitrogen and oxygen atoms in total. The van der Waals surface area contributed by atoms with Crippen LogP contribution in [-0.4, -0.2) is 25.0 Å². The maximum Gasteiger partial charge on any atom is 0.216 e. The quantitative estimate of drug-likeness (QED) is 0.716. The molecular weight excluding hydrogens is 224 g/mol. The van der Waals surface area contributed by atoms with Crippen LogP contribution < -0.4 is 10.6 Å². The highest BCUT2D eigenvalue weighted by molar-refractivity contribution is 5.72. The van der Waals surface area contributed by atoms with Gasteiger partial charge in [0.15, 0.2) is 0 Å². The van der Waals surface area contributed by atoms with Crippen LogP contribution in [0.25, 0.3) is 0 Å². The Balaban J connectivity index is 2.17. The first kappa shape index (κ1) is 15.5. The third-order valence-corrected chi connectivity index (χ3v) is 4.68. The zero-order valence-electron chi connectivity index (χ0n) is 12.5. The molecule has 0 heterocycles. The molecule has 1 aliphatic rings. The number of carbonyl (C=O) groups excluding carboxylic acids is 1. The second kappa shape index (κ2) is 7.13. The summed E-state index contributed by atoms with van der Waals surface area (Å²) in [5.41, 5.74) is 0.501. The van der Waals surface area contributed by atoms with Crippen molar-refractivity contribution in [2.24, 2.45) is 11.3 Å². The van der Waals surface area contributed by atoms with E-state index in [9.17, 15) is 4.79 Å². The van der Waals surface area contributed by atoms with Crippen LogP contribution in [-0.2, 0) is 4.79 Å². The molecule has 0 radical (unpaired) electrons. The van der Waals surface area contributed by atoms with Crippen molar-refractivity contribution in [1.82, 2.24) is 10.6 Å². The normalized spacial score (nSPS) is 24.9. The number of nitrogens with one attached hydrogen (secondary N) is 2. The minimum Gasteiger partial charge on any atom is -0.355 e. The van der Waals surface area contributed by atoms with Crippen LogP contribution in [0.2, 0.25) is 0 Å². The molecule has 1 aliphatic carbocycles. The molecule has 0 aliphatic heterocycles. The summed E-state index contributed by atoms with van der Waals surface area (Å²) in [5, 5.41) is 6.38. The molecule has 2 N–H and O–H groups in total. The van der Waals surface area contributed by atoms with E-state index < -0.39 is 0 Å². The van der Waals surface area contributed by atoms with E-state index in [-0.39, 0.29) is 5.91 Å². The van der Waals surface area contributed by atoms with Gasteiger partial charge in [0.05, 0.1) is 0 Å². The van der Waals surface area contributed by atoms with Gasteiger partial charge in [-0.15, -0.1) is 0 Å². The van der Waals surface area contributed by atoms with Crippen LogP contribution in [0.4, 0.5) is 0 Å². The molecule has 0 aromatic heterocycles. The molecule has 18 heavy (non-hydrogen) atoms. The number of hydrogen-bond acceptors (Lipinski definition) is 2. The lowest BCUT2D eigenvalue weighted by atomic mass is 9.69. The van der Waals surface area contributed by atoms with Crippen molar-refractivity contribution in [3.63, 3.8) is 0 Å². The summed E-state index contributed by atoms with van der Waals surface area (Å²) in [6.07, 6.45) is 6.54. The van der Waals surface area contributed by atoms with E-state index in [4.69, 9.17) is 0 Å². The van der Waals surface area contributed by atoms with Crippen LogP contribution in [0, 0.1) is 11.3 Å². The van der Waals surface area contributed by atoms with Crippen molar-refractivity contribution in [3.8, 4) is 0 Å². The molecule has 0 saturated heterocycles. The van der Waals surface area contributed by atoms with Gasteiger partial charge >= 0.3 is 0 Å². The average Bonchev–Trinajstić information content (AvgIpc) is 2.35. The third-order valence-electron chi connectivity index (χ3n) is 4.68. The highest BCUT2D eigenvalue weighted by atomic mass is 16.1. The molecule has 1 saturated carbocycles. The highest BCUT2D eigenvalue weighted by Crippen LogP contribution is 2.40. The van der Waals surface area contributed by atoms with Gasteiger partial charge in [-0.3, -0.25) is 4.79 Å². The zero-order valence-corrected chi connectivity index (χ0v) is 12.5. The topological polar surface area (TPSA) is 41.1 Å². The standard InChI is InChI=1S/C15H30N2O/c1-5-15(3,4)13-6-8-14(9-7-13)17-11-10-16-12(2)18/h13-14,17H,5-11H2,1-4H3,(H,16,18). The van der Waals surface area contributed by atoms with Crippen molar-refractivity contribution >= 4 is 5.91 Å². The van der Waals surface area contributed by atoms with Crippen LogP contribution in [0.15, 0.2) is 0 Å². The summed E-state index contributed by atoms with van der Waals surface area (Å²) in [6.45, 7) is 10.3. The lowest BCUT2D eigenvalue weighted by molar-refractivity contribution is -0.118. The fraction of sp³-hybridized carbons (Fsp3) is 0.933. The van der Waals surface area contributed by atoms with Gasteiger partial charge in [0.25, 0.3) is 0 Å². The summed E-state index contributed by atoms with van der Waals surface area (Å²) < 4.78 is 0. The fourth-order valence-electron chi connectivity index (χ4n) is 2.88. The van der Waals surface area contributed by atoms with Crippen molar-refractivity contribution in [3.05, 3.63) is 0 Å². The Kier molecular flexibility index (Phi) is 6.13. The van der Waals surface area contributed by atoms with E-state index in [1.165, 1.54) is 32.1 Å². The Bertz CT molecular complexity index is 255. The number of amides is 1. The smallest absolute Gasteiger partial charge is 0.216 e. The molecule has 1 rings (SSSR count). The monoisotopic (exact) mass is 254 g/mol. The number of rotatable bonds is 6. The van der Waals surface area contributed by atoms with Gasteiger partial charge in [0.2, 0.25) is 5.91 Å². The molecule has 0 bridgehead atoms. The lowest BCUT2D eigenvalue weighted by Crippen LogP contribution is -2.40. The first-order valence-corrected chi connectivity index (χ1v) is 7.43. The molecule has 0 spiro atoms. The molecule has 3 heteroatoms. The molecule has 0 aromatic carbocycles. The third kappa shape index (κ3) is 4.97. The first-order valence-electron chi connectivity index (χ1n) is 7.43. The van der Waals surface area contributed by atoms with E-state index >= 15 is 0 Å². The van der Waals surface area contributed by atoms with Gasteiger partial charge in [0.1, 0.15) is 0 Å². The highest BCUT2D eigenvalue weighted by Gasteiger charge is 2.31. The van der Waals surface area contributed by atoms with Gasteiger partial charge < -0.3 is 10.6 Å². The lowest BCUT2D eigenvalue weighted by Gasteiger charge is -2.39. The molecule has 0 atom stereocenters. The SMILES string of the molecule is CCC(C)(C)C1CCC(NCCNC(C)=O)CC1. The van der Waals surface area contributed by atoms with Gasteiger partial charge in [-0.25, -0.2) is 0 Å². The molecule has 106 valence electrons. The maximum atomic E-state index is 10.7. The van der Waals surface area contributed by atoms with Crippen molar-refractivity contribution < 1.29 is 4.79 Å². The minimum absolute atomic E-state index is 0.0604. The van der Waals surface area contributed by atoms with E-state index in [0.29, 0.717) is 11.5 Å². The van der Waals surface area contributed by atoms with E-state index in [2.05, 4.69) is 31.4 Å². The van der Waals surface area contributed by atoms with Crippen LogP contribution >= 0.6 is 0 Å². The Morgan fingerprint density at radius 1 is 1.17 bits per heavy atom. The Morgan fingerprint density at radius 2 is 1.78 bits per heavy atom. The molecule has 1 amide bonds. The van der Waals surface area contributed by atoms with Crippen LogP contribution in [0.1, 0.15) is 59.8 Å². The van der Waals surface area contributed by atoms with E-state index in [1.807, 2.05) is 0 Å². The first-order chi connectivity index (χ1) is 8.45. The van der Waals surface area contributed by atoms with Gasteiger partial charge in [-0.1, -0.05) is 27.2 Å². The summed E-state index contributed by atoms with van der Waals surface area (Å²) >= 11 is 0. The summed E-state index contributed by atoms with van der Waals surface area (Å²) in [7, 11) is 0. The van der Waals surface area contributed by atoms with Gasteiger partial charge in [-0.05, 0) is 37.0 Å². The van der Waals surface area contributed by atoms with Gasteiger partial charge in [0, 0.05) is 26.1 Å². The Hall–Kier alpha value is -0.570. The second-order valence-corrected chi connectivity index (χ2v) is 6.33. The van der Waals surface area contributed by atoms with Gasteiger partial charge in [-0.2, -0.15) is 0 Å². The number of hydrogen-bond donors (Lipinski definition) is 2. The average molecular weight is 254 g/mol. The number of carbonyl (C=O) groups is 1. The van der Waals surface area contributed by atoms with Crippen molar-refractivity contribution in [2.75, 3.05) is 13.1 Å². The summed E-state index contributed by atoms with van der Waals surface area (Å²) in [5.74, 6) is 0.945. The second-order valence-electron chi connectivity index (χ2n) is 6.33. The fourth-order valence-corrected chi connectivity index (χ4v) is 2.88. The minimum atomic E-state index is 0.0604. The van der Waals surface area contributed by atoms with Crippen LogP contribution in [0.3, 0.4) is 0 Å². The Labute approximate surface area is 112 Å². The molecular formula is C15H30N2O. The van der Waals surface area contributed by atoms with E-state index in [1.54, 1.807) is 6.92 Å². The van der Waals surface area contributed by atoms with E-state index in [0.717, 1.165) is 19.0 Å². The molecule has 0 unspecified atom stereocenters. The largest absolute Gasteiger partial charge is 0.355 e. The Morgan fingerprint density at radius 3 is 2.28 bits per heavy atom. The summed E-state index contributed by atoms with van der Waals surface area (Å²) in [6, 6.07) is 0.655. The summed E-state index contributed by atoms with van der Waals surface area (Å²) in [4.78, 5) is 10.7. The predicted octanol–water partition coefficient (Wildman–Crippen LogP) is 2.71. The maximum absolute atomic E-state index is 10.7. The predicted molar refractivity (Wildman–Crippen MR) is 76.5 cm³/mol. The van der Waals surface area contributed by atoms with Crippen molar-refractivity contribution in [2.45, 2.75) is 65.8 Å². The zero-order chi connectivity index (χ0) is 13.6. The van der Waals surface area contributed by atoms with Crippen LogP contribution in [0.5, 0.6) is 0 Å². The molecule has 1 fully saturated rings. The van der Waals surface area contributed by atoms with Crippen molar-refractivity contribution in [1.29, 1.82) is 0 Å². The molecule has 0 aromatic rings.